The summed E-state index contributed by atoms with van der Waals surface area (Å²) in [4.78, 5) is 23.3. The molecule has 0 aliphatic heterocycles. The maximum atomic E-state index is 12.2. The van der Waals surface area contributed by atoms with Crippen molar-refractivity contribution in [1.29, 1.82) is 0 Å². The highest BCUT2D eigenvalue weighted by atomic mass is 16.5. The van der Waals surface area contributed by atoms with E-state index in [9.17, 15) is 9.59 Å². The first-order valence-corrected chi connectivity index (χ1v) is 8.50. The first-order valence-electron chi connectivity index (χ1n) is 8.50. The molecule has 4 saturated carbocycles. The minimum Gasteiger partial charge on any atom is -0.351 e. The van der Waals surface area contributed by atoms with Crippen molar-refractivity contribution in [2.24, 2.45) is 23.5 Å². The van der Waals surface area contributed by atoms with E-state index in [0.29, 0.717) is 19.3 Å². The molecule has 0 aromatic rings. The monoisotopic (exact) mass is 309 g/mol. The van der Waals surface area contributed by atoms with Crippen LogP contribution in [-0.2, 0) is 9.59 Å². The van der Waals surface area contributed by atoms with Gasteiger partial charge in [-0.05, 0) is 69.1 Å². The average Bonchev–Trinajstić information content (AvgIpc) is 2.44. The van der Waals surface area contributed by atoms with E-state index >= 15 is 0 Å². The number of hydrogen-bond acceptors (Lipinski definition) is 4. The van der Waals surface area contributed by atoms with Gasteiger partial charge in [0, 0.05) is 12.0 Å². The zero-order valence-corrected chi connectivity index (χ0v) is 13.0. The van der Waals surface area contributed by atoms with Gasteiger partial charge >= 0.3 is 0 Å². The summed E-state index contributed by atoms with van der Waals surface area (Å²) >= 11 is 0. The second-order valence-corrected chi connectivity index (χ2v) is 7.72. The number of hydrogen-bond donors (Lipinski definition) is 4. The fraction of sp³-hybridized carbons (Fsp3) is 0.875. The summed E-state index contributed by atoms with van der Waals surface area (Å²) in [5.74, 6) is 1.93. The summed E-state index contributed by atoms with van der Waals surface area (Å²) < 4.78 is 0. The summed E-state index contributed by atoms with van der Waals surface area (Å²) in [6, 6.07) is -0.752. The van der Waals surface area contributed by atoms with Gasteiger partial charge in [-0.25, -0.2) is 5.48 Å². The first-order chi connectivity index (χ1) is 10.5. The van der Waals surface area contributed by atoms with Gasteiger partial charge in [-0.15, -0.1) is 0 Å². The van der Waals surface area contributed by atoms with Crippen LogP contribution in [0.2, 0.25) is 0 Å². The molecule has 2 amide bonds. The van der Waals surface area contributed by atoms with Crippen LogP contribution in [0.4, 0.5) is 0 Å². The molecule has 6 heteroatoms. The lowest BCUT2D eigenvalue weighted by atomic mass is 9.53. The lowest BCUT2D eigenvalue weighted by molar-refractivity contribution is -0.131. The van der Waals surface area contributed by atoms with Crippen LogP contribution >= 0.6 is 0 Å². The van der Waals surface area contributed by atoms with E-state index in [1.807, 2.05) is 0 Å². The molecule has 124 valence electrons. The molecule has 4 aliphatic rings. The summed E-state index contributed by atoms with van der Waals surface area (Å²) in [6.45, 7) is 0. The molecule has 6 nitrogen and oxygen atoms in total. The molecular weight excluding hydrogens is 282 g/mol. The topological polar surface area (TPSA) is 104 Å². The van der Waals surface area contributed by atoms with E-state index in [4.69, 9.17) is 10.9 Å². The van der Waals surface area contributed by atoms with E-state index in [2.05, 4.69) is 5.32 Å². The van der Waals surface area contributed by atoms with Gasteiger partial charge in [0.2, 0.25) is 5.91 Å². The van der Waals surface area contributed by atoms with Gasteiger partial charge in [0.15, 0.2) is 0 Å². The molecule has 0 heterocycles. The molecule has 4 rings (SSSR count). The highest BCUT2D eigenvalue weighted by molar-refractivity contribution is 5.80. The third-order valence-electron chi connectivity index (χ3n) is 5.81. The quantitative estimate of drug-likeness (QED) is 0.435. The second kappa shape index (κ2) is 6.16. The van der Waals surface area contributed by atoms with Crippen LogP contribution in [0.15, 0.2) is 0 Å². The van der Waals surface area contributed by atoms with Crippen molar-refractivity contribution in [3.8, 4) is 0 Å². The Morgan fingerprint density at radius 1 is 1.14 bits per heavy atom. The maximum Gasteiger partial charge on any atom is 0.260 e. The summed E-state index contributed by atoms with van der Waals surface area (Å²) in [7, 11) is 0. The molecule has 4 fully saturated rings. The predicted octanol–water partition coefficient (Wildman–Crippen LogP) is 1.07. The molecule has 22 heavy (non-hydrogen) atoms. The van der Waals surface area contributed by atoms with Crippen molar-refractivity contribution in [3.05, 3.63) is 0 Å². The van der Waals surface area contributed by atoms with Crippen LogP contribution in [0.1, 0.15) is 57.8 Å². The Hall–Kier alpha value is -1.14. The molecule has 0 aromatic carbocycles. The first kappa shape index (κ1) is 15.7. The molecule has 1 atom stereocenters. The van der Waals surface area contributed by atoms with Gasteiger partial charge in [0.25, 0.3) is 5.91 Å². The number of carbonyl (C=O) groups is 2. The van der Waals surface area contributed by atoms with Crippen LogP contribution < -0.4 is 16.5 Å². The SMILES string of the molecule is N[C@@H](CCCC(=O)NC12CC3CC(CC(C3)C1)C2)C(=O)NO. The molecule has 0 radical (unpaired) electrons. The number of nitrogens with two attached hydrogens (primary N) is 1. The zero-order chi connectivity index (χ0) is 15.7. The van der Waals surface area contributed by atoms with Crippen molar-refractivity contribution in [2.45, 2.75) is 69.4 Å². The van der Waals surface area contributed by atoms with Gasteiger partial charge in [0.05, 0.1) is 6.04 Å². The summed E-state index contributed by atoms with van der Waals surface area (Å²) in [6.07, 6.45) is 8.90. The van der Waals surface area contributed by atoms with Gasteiger partial charge in [0.1, 0.15) is 0 Å². The van der Waals surface area contributed by atoms with Crippen LogP contribution in [-0.4, -0.2) is 28.6 Å². The minimum atomic E-state index is -0.752. The van der Waals surface area contributed by atoms with Crippen LogP contribution in [0.5, 0.6) is 0 Å². The highest BCUT2D eigenvalue weighted by Gasteiger charge is 2.51. The van der Waals surface area contributed by atoms with E-state index in [0.717, 1.165) is 37.0 Å². The Bertz CT molecular complexity index is 417. The van der Waals surface area contributed by atoms with E-state index in [1.165, 1.54) is 19.3 Å². The van der Waals surface area contributed by atoms with Gasteiger partial charge in [-0.3, -0.25) is 14.8 Å². The Labute approximate surface area is 131 Å². The summed E-state index contributed by atoms with van der Waals surface area (Å²) in [5, 5.41) is 11.8. The molecule has 0 spiro atoms. The Balaban J connectivity index is 1.45. The molecular formula is C16H27N3O3. The Kier molecular flexibility index (Phi) is 4.41. The van der Waals surface area contributed by atoms with Gasteiger partial charge in [-0.1, -0.05) is 0 Å². The van der Waals surface area contributed by atoms with Crippen molar-refractivity contribution in [3.63, 3.8) is 0 Å². The maximum absolute atomic E-state index is 12.2. The number of nitrogens with one attached hydrogen (secondary N) is 2. The molecule has 0 aromatic heterocycles. The van der Waals surface area contributed by atoms with Crippen LogP contribution in [0, 0.1) is 17.8 Å². The molecule has 0 unspecified atom stereocenters. The number of rotatable bonds is 6. The lowest BCUT2D eigenvalue weighted by Gasteiger charge is -2.56. The van der Waals surface area contributed by atoms with Crippen LogP contribution in [0.25, 0.3) is 0 Å². The fourth-order valence-corrected chi connectivity index (χ4v) is 5.32. The van der Waals surface area contributed by atoms with E-state index in [-0.39, 0.29) is 11.4 Å². The normalized spacial score (nSPS) is 36.9. The average molecular weight is 309 g/mol. The largest absolute Gasteiger partial charge is 0.351 e. The van der Waals surface area contributed by atoms with Crippen molar-refractivity contribution in [2.75, 3.05) is 0 Å². The van der Waals surface area contributed by atoms with Crippen molar-refractivity contribution >= 4 is 11.8 Å². The number of amides is 2. The highest BCUT2D eigenvalue weighted by Crippen LogP contribution is 2.55. The second-order valence-electron chi connectivity index (χ2n) is 7.72. The smallest absolute Gasteiger partial charge is 0.260 e. The van der Waals surface area contributed by atoms with Crippen LogP contribution in [0.3, 0.4) is 0 Å². The molecule has 5 N–H and O–H groups in total. The van der Waals surface area contributed by atoms with Crippen molar-refractivity contribution < 1.29 is 14.8 Å². The van der Waals surface area contributed by atoms with Gasteiger partial charge in [-0.2, -0.15) is 0 Å². The number of carbonyl (C=O) groups excluding carboxylic acids is 2. The third-order valence-corrected chi connectivity index (χ3v) is 5.81. The van der Waals surface area contributed by atoms with Crippen molar-refractivity contribution in [1.82, 2.24) is 10.8 Å². The molecule has 4 bridgehead atoms. The zero-order valence-electron chi connectivity index (χ0n) is 13.0. The van der Waals surface area contributed by atoms with Gasteiger partial charge < -0.3 is 11.1 Å². The lowest BCUT2D eigenvalue weighted by Crippen LogP contribution is -2.59. The van der Waals surface area contributed by atoms with E-state index in [1.54, 1.807) is 5.48 Å². The van der Waals surface area contributed by atoms with E-state index < -0.39 is 11.9 Å². The molecule has 0 saturated heterocycles. The number of hydroxylamine groups is 1. The Morgan fingerprint density at radius 3 is 2.18 bits per heavy atom. The summed E-state index contributed by atoms with van der Waals surface area (Å²) in [5.41, 5.74) is 7.19. The minimum absolute atomic E-state index is 0.0520. The predicted molar refractivity (Wildman–Crippen MR) is 80.8 cm³/mol. The standard InChI is InChI=1S/C16H27N3O3/c17-13(15(21)19-22)2-1-3-14(20)18-16-7-10-4-11(8-16)6-12(5-10)9-16/h10-13,22H,1-9,17H2,(H,18,20)(H,19,21)/t10?,11?,12?,13-,16?/m0/s1. The Morgan fingerprint density at radius 2 is 1.68 bits per heavy atom. The third kappa shape index (κ3) is 3.27. The molecule has 4 aliphatic carbocycles. The fourth-order valence-electron chi connectivity index (χ4n) is 5.32.